The smallest absolute Gasteiger partial charge is 0.0162 e. The Kier molecular flexibility index (Phi) is 4.04. The van der Waals surface area contributed by atoms with Crippen molar-refractivity contribution >= 4 is 7.92 Å². The molecule has 1 aliphatic rings. The molecule has 0 unspecified atom stereocenters. The first kappa shape index (κ1) is 9.48. The lowest BCUT2D eigenvalue weighted by molar-refractivity contribution is 1.39. The summed E-state index contributed by atoms with van der Waals surface area (Å²) in [6, 6.07) is 0. The Morgan fingerprint density at radius 2 is 1.58 bits per heavy atom. The molecule has 0 saturated carbocycles. The molecule has 0 bridgehead atoms. The van der Waals surface area contributed by atoms with E-state index in [4.69, 9.17) is 0 Å². The molecule has 0 saturated heterocycles. The molecule has 1 aliphatic carbocycles. The van der Waals surface area contributed by atoms with Crippen molar-refractivity contribution in [3.05, 3.63) is 49.6 Å². The molecular weight excluding hydrogens is 163 g/mol. The highest BCUT2D eigenvalue weighted by atomic mass is 31.1. The van der Waals surface area contributed by atoms with Crippen molar-refractivity contribution in [2.24, 2.45) is 0 Å². The Hall–Kier alpha value is -0.610. The van der Waals surface area contributed by atoms with Crippen LogP contribution in [0.5, 0.6) is 0 Å². The summed E-state index contributed by atoms with van der Waals surface area (Å²) in [5, 5.41) is 0. The number of allylic oxidation sites excluding steroid dienone is 6. The molecule has 0 radical (unpaired) electrons. The van der Waals surface area contributed by atoms with Crippen LogP contribution in [0.2, 0.25) is 0 Å². The maximum Gasteiger partial charge on any atom is 0.0162 e. The van der Waals surface area contributed by atoms with E-state index in [0.717, 1.165) is 12.3 Å². The van der Waals surface area contributed by atoms with Gasteiger partial charge in [0.05, 0.1) is 0 Å². The summed E-state index contributed by atoms with van der Waals surface area (Å²) in [5.41, 5.74) is 0.663. The normalized spacial score (nSPS) is 15.8. The van der Waals surface area contributed by atoms with Gasteiger partial charge in [-0.1, -0.05) is 44.4 Å². The molecule has 1 heteroatoms. The second kappa shape index (κ2) is 5.11. The highest BCUT2D eigenvalue weighted by Gasteiger charge is 2.14. The zero-order valence-corrected chi connectivity index (χ0v) is 8.21. The molecule has 0 fully saturated rings. The fourth-order valence-corrected chi connectivity index (χ4v) is 3.30. The Bertz CT molecular complexity index is 191. The second-order valence-corrected chi connectivity index (χ2v) is 5.30. The van der Waals surface area contributed by atoms with Crippen LogP contribution in [0.4, 0.5) is 0 Å². The van der Waals surface area contributed by atoms with Crippen LogP contribution in [0.25, 0.3) is 0 Å². The highest BCUT2D eigenvalue weighted by Crippen LogP contribution is 2.43. The molecule has 12 heavy (non-hydrogen) atoms. The van der Waals surface area contributed by atoms with E-state index >= 15 is 0 Å². The summed E-state index contributed by atoms with van der Waals surface area (Å²) in [7, 11) is 0.0283. The van der Waals surface area contributed by atoms with Crippen molar-refractivity contribution in [2.45, 2.75) is 5.66 Å². The molecule has 0 spiro atoms. The van der Waals surface area contributed by atoms with E-state index in [1.54, 1.807) is 0 Å². The van der Waals surface area contributed by atoms with Crippen molar-refractivity contribution in [3.63, 3.8) is 0 Å². The zero-order chi connectivity index (χ0) is 8.81. The predicted octanol–water partition coefficient (Wildman–Crippen LogP) is 3.33. The average Bonchev–Trinajstić information content (AvgIpc) is 2.56. The molecule has 0 heterocycles. The summed E-state index contributed by atoms with van der Waals surface area (Å²) in [6.07, 6.45) is 15.1. The Labute approximate surface area is 76.1 Å². The minimum atomic E-state index is 0.0283. The highest BCUT2D eigenvalue weighted by molar-refractivity contribution is 7.59. The molecule has 0 aromatic heterocycles. The van der Waals surface area contributed by atoms with Gasteiger partial charge in [-0.05, 0) is 12.3 Å². The summed E-state index contributed by atoms with van der Waals surface area (Å²) < 4.78 is 0. The van der Waals surface area contributed by atoms with Crippen molar-refractivity contribution in [1.82, 2.24) is 0 Å². The van der Waals surface area contributed by atoms with Crippen LogP contribution in [0.15, 0.2) is 49.6 Å². The lowest BCUT2D eigenvalue weighted by Crippen LogP contribution is -1.99. The van der Waals surface area contributed by atoms with Gasteiger partial charge in [-0.2, -0.15) is 0 Å². The van der Waals surface area contributed by atoms with E-state index in [2.05, 4.69) is 37.5 Å². The van der Waals surface area contributed by atoms with Gasteiger partial charge in [-0.15, -0.1) is 13.2 Å². The van der Waals surface area contributed by atoms with Gasteiger partial charge < -0.3 is 0 Å². The van der Waals surface area contributed by atoms with E-state index in [0.29, 0.717) is 5.66 Å². The van der Waals surface area contributed by atoms with Crippen LogP contribution in [-0.2, 0) is 0 Å². The van der Waals surface area contributed by atoms with Gasteiger partial charge in [-0.25, -0.2) is 0 Å². The summed E-state index contributed by atoms with van der Waals surface area (Å²) in [6.45, 7) is 7.58. The largest absolute Gasteiger partial charge is 0.103 e. The van der Waals surface area contributed by atoms with Gasteiger partial charge in [0.25, 0.3) is 0 Å². The minimum Gasteiger partial charge on any atom is -0.103 e. The number of rotatable bonds is 5. The molecule has 64 valence electrons. The molecular formula is C11H15P. The molecule has 0 amide bonds. The van der Waals surface area contributed by atoms with Crippen LogP contribution in [-0.4, -0.2) is 18.0 Å². The van der Waals surface area contributed by atoms with Crippen LogP contribution in [0, 0.1) is 0 Å². The maximum atomic E-state index is 3.79. The molecule has 0 aromatic rings. The maximum absolute atomic E-state index is 3.79. The Morgan fingerprint density at radius 3 is 2.00 bits per heavy atom. The predicted molar refractivity (Wildman–Crippen MR) is 59.1 cm³/mol. The summed E-state index contributed by atoms with van der Waals surface area (Å²) >= 11 is 0. The zero-order valence-electron chi connectivity index (χ0n) is 7.32. The molecule has 1 rings (SSSR count). The van der Waals surface area contributed by atoms with Crippen molar-refractivity contribution < 1.29 is 0 Å². The average molecular weight is 178 g/mol. The van der Waals surface area contributed by atoms with Crippen LogP contribution < -0.4 is 0 Å². The molecule has 0 aromatic carbocycles. The fourth-order valence-electron chi connectivity index (χ4n) is 1.31. The first-order valence-electron chi connectivity index (χ1n) is 4.19. The monoisotopic (exact) mass is 178 g/mol. The Balaban J connectivity index is 2.51. The van der Waals surface area contributed by atoms with Crippen molar-refractivity contribution in [1.29, 1.82) is 0 Å². The fraction of sp³-hybridized carbons (Fsp3) is 0.273. The second-order valence-electron chi connectivity index (χ2n) is 2.79. The minimum absolute atomic E-state index is 0.0283. The third-order valence-electron chi connectivity index (χ3n) is 1.88. The van der Waals surface area contributed by atoms with Crippen LogP contribution >= 0.6 is 7.92 Å². The van der Waals surface area contributed by atoms with E-state index in [9.17, 15) is 0 Å². The van der Waals surface area contributed by atoms with Gasteiger partial charge in [0, 0.05) is 5.66 Å². The molecule has 0 nitrogen and oxygen atoms in total. The van der Waals surface area contributed by atoms with Gasteiger partial charge in [-0.3, -0.25) is 0 Å². The standard InChI is InChI=1S/C11H15P/c1-3-9-12(10-4-2)11-7-5-6-8-11/h3-8,11H,1-2,9-10H2. The first-order valence-corrected chi connectivity index (χ1v) is 5.97. The summed E-state index contributed by atoms with van der Waals surface area (Å²) in [4.78, 5) is 0. The van der Waals surface area contributed by atoms with Gasteiger partial charge in [0.15, 0.2) is 0 Å². The number of hydrogen-bond donors (Lipinski definition) is 0. The Morgan fingerprint density at radius 1 is 1.08 bits per heavy atom. The summed E-state index contributed by atoms with van der Waals surface area (Å²) in [5.74, 6) is 0. The van der Waals surface area contributed by atoms with E-state index in [1.807, 2.05) is 12.2 Å². The van der Waals surface area contributed by atoms with Crippen LogP contribution in [0.3, 0.4) is 0 Å². The van der Waals surface area contributed by atoms with E-state index in [-0.39, 0.29) is 7.92 Å². The first-order chi connectivity index (χ1) is 5.88. The number of hydrogen-bond acceptors (Lipinski definition) is 0. The van der Waals surface area contributed by atoms with Crippen molar-refractivity contribution in [3.8, 4) is 0 Å². The molecule has 0 aliphatic heterocycles. The van der Waals surface area contributed by atoms with E-state index < -0.39 is 0 Å². The van der Waals surface area contributed by atoms with Gasteiger partial charge >= 0.3 is 0 Å². The van der Waals surface area contributed by atoms with Gasteiger partial charge in [0.2, 0.25) is 0 Å². The lowest BCUT2D eigenvalue weighted by Gasteiger charge is -2.18. The third kappa shape index (κ3) is 2.46. The SMILES string of the molecule is C=CCP(CC=C)C1C=CC=C1. The molecule has 0 atom stereocenters. The van der Waals surface area contributed by atoms with Crippen LogP contribution in [0.1, 0.15) is 0 Å². The topological polar surface area (TPSA) is 0 Å². The quantitative estimate of drug-likeness (QED) is 0.447. The lowest BCUT2D eigenvalue weighted by atomic mass is 10.5. The third-order valence-corrected chi connectivity index (χ3v) is 4.52. The molecule has 0 N–H and O–H groups in total. The van der Waals surface area contributed by atoms with E-state index in [1.165, 1.54) is 0 Å². The van der Waals surface area contributed by atoms with Crippen molar-refractivity contribution in [2.75, 3.05) is 12.3 Å². The van der Waals surface area contributed by atoms with Gasteiger partial charge in [0.1, 0.15) is 0 Å².